The molecule has 2 N–H and O–H groups in total. The molecule has 3 rings (SSSR count). The molecule has 0 aliphatic carbocycles. The van der Waals surface area contributed by atoms with Gasteiger partial charge in [0.1, 0.15) is 5.75 Å². The molecule has 9 nitrogen and oxygen atoms in total. The predicted octanol–water partition coefficient (Wildman–Crippen LogP) is 2.26. The van der Waals surface area contributed by atoms with Gasteiger partial charge < -0.3 is 10.1 Å². The van der Waals surface area contributed by atoms with E-state index in [1.54, 1.807) is 32.0 Å². The van der Waals surface area contributed by atoms with Crippen LogP contribution in [0, 0.1) is 19.8 Å². The highest BCUT2D eigenvalue weighted by Crippen LogP contribution is 2.28. The van der Waals surface area contributed by atoms with Gasteiger partial charge in [0.25, 0.3) is 0 Å². The van der Waals surface area contributed by atoms with Crippen LogP contribution in [-0.4, -0.2) is 54.3 Å². The molecule has 11 heteroatoms. The lowest BCUT2D eigenvalue weighted by atomic mass is 9.98. The Morgan fingerprint density at radius 1 is 1.03 bits per heavy atom. The average Bonchev–Trinajstić information content (AvgIpc) is 2.80. The summed E-state index contributed by atoms with van der Waals surface area (Å²) < 4.78 is 59.4. The van der Waals surface area contributed by atoms with Gasteiger partial charge in [0, 0.05) is 18.8 Å². The van der Waals surface area contributed by atoms with Crippen molar-refractivity contribution >= 4 is 31.6 Å². The van der Waals surface area contributed by atoms with Gasteiger partial charge in [-0.3, -0.25) is 4.79 Å². The van der Waals surface area contributed by atoms with Crippen LogP contribution in [0.2, 0.25) is 0 Å². The average molecular weight is 496 g/mol. The Labute approximate surface area is 195 Å². The molecule has 0 unspecified atom stereocenters. The first kappa shape index (κ1) is 25.2. The molecule has 0 bridgehead atoms. The third-order valence-electron chi connectivity index (χ3n) is 5.80. The highest BCUT2D eigenvalue weighted by Gasteiger charge is 2.33. The molecule has 2 aromatic rings. The second-order valence-electron chi connectivity index (χ2n) is 8.01. The third-order valence-corrected chi connectivity index (χ3v) is 9.08. The maximum atomic E-state index is 13.2. The summed E-state index contributed by atoms with van der Waals surface area (Å²) in [6.45, 7) is 3.91. The number of rotatable bonds is 7. The first-order valence-corrected chi connectivity index (χ1v) is 13.4. The van der Waals surface area contributed by atoms with E-state index < -0.39 is 26.0 Å². The first-order valence-electron chi connectivity index (χ1n) is 10.5. The lowest BCUT2D eigenvalue weighted by Crippen LogP contribution is -2.43. The van der Waals surface area contributed by atoms with Crippen LogP contribution in [0.1, 0.15) is 24.0 Å². The highest BCUT2D eigenvalue weighted by atomic mass is 32.2. The number of piperidine rings is 1. The fourth-order valence-corrected chi connectivity index (χ4v) is 6.16. The summed E-state index contributed by atoms with van der Waals surface area (Å²) in [6.07, 6.45) is 1.08. The summed E-state index contributed by atoms with van der Waals surface area (Å²) in [5, 5.41) is 2.78. The third kappa shape index (κ3) is 5.37. The lowest BCUT2D eigenvalue weighted by molar-refractivity contribution is -0.120. The second kappa shape index (κ2) is 9.80. The van der Waals surface area contributed by atoms with E-state index in [0.717, 1.165) is 0 Å². The molecule has 2 aromatic carbocycles. The molecule has 1 aliphatic rings. The smallest absolute Gasteiger partial charge is 0.243 e. The molecule has 0 spiro atoms. The fourth-order valence-electron chi connectivity index (χ4n) is 3.79. The highest BCUT2D eigenvalue weighted by molar-refractivity contribution is 7.89. The Hall–Kier alpha value is -2.47. The zero-order chi connectivity index (χ0) is 24.4. The van der Waals surface area contributed by atoms with Gasteiger partial charge >= 0.3 is 0 Å². The molecule has 0 aromatic heterocycles. The van der Waals surface area contributed by atoms with Crippen LogP contribution in [-0.2, 0) is 24.8 Å². The Morgan fingerprint density at radius 3 is 2.36 bits per heavy atom. The predicted molar refractivity (Wildman–Crippen MR) is 125 cm³/mol. The summed E-state index contributed by atoms with van der Waals surface area (Å²) >= 11 is 0. The van der Waals surface area contributed by atoms with E-state index in [-0.39, 0.29) is 22.2 Å². The van der Waals surface area contributed by atoms with Gasteiger partial charge in [0.15, 0.2) is 0 Å². The monoisotopic (exact) mass is 495 g/mol. The standard InChI is InChI=1S/C22H29N3O6S2/c1-15-7-8-18(32(27,28)23-3)13-20(15)24-22(26)17-6-5-11-25(14-17)33(29,30)19-9-10-21(31-4)16(2)12-19/h7-10,12-13,17,23H,5-6,11,14H2,1-4H3,(H,24,26)/t17-/m1/s1. The first-order chi connectivity index (χ1) is 15.5. The number of anilines is 1. The molecule has 180 valence electrons. The molecule has 1 aliphatic heterocycles. The zero-order valence-corrected chi connectivity index (χ0v) is 20.7. The van der Waals surface area contributed by atoms with Crippen LogP contribution in [0.3, 0.4) is 0 Å². The maximum Gasteiger partial charge on any atom is 0.243 e. The lowest BCUT2D eigenvalue weighted by Gasteiger charge is -2.31. The van der Waals surface area contributed by atoms with Gasteiger partial charge in [-0.2, -0.15) is 4.31 Å². The Morgan fingerprint density at radius 2 is 1.73 bits per heavy atom. The van der Waals surface area contributed by atoms with Gasteiger partial charge in [0.05, 0.1) is 22.8 Å². The van der Waals surface area contributed by atoms with Crippen LogP contribution >= 0.6 is 0 Å². The summed E-state index contributed by atoms with van der Waals surface area (Å²) in [5.41, 5.74) is 1.78. The number of amides is 1. The van der Waals surface area contributed by atoms with Crippen LogP contribution in [0.5, 0.6) is 5.75 Å². The van der Waals surface area contributed by atoms with Crippen molar-refractivity contribution in [2.24, 2.45) is 5.92 Å². The van der Waals surface area contributed by atoms with Crippen LogP contribution in [0.15, 0.2) is 46.2 Å². The van der Waals surface area contributed by atoms with E-state index >= 15 is 0 Å². The van der Waals surface area contributed by atoms with Crippen molar-refractivity contribution in [3.63, 3.8) is 0 Å². The molecule has 1 saturated heterocycles. The van der Waals surface area contributed by atoms with Gasteiger partial charge in [-0.25, -0.2) is 21.6 Å². The van der Waals surface area contributed by atoms with Crippen LogP contribution in [0.4, 0.5) is 5.69 Å². The fraction of sp³-hybridized carbons (Fsp3) is 0.409. The van der Waals surface area contributed by atoms with Gasteiger partial charge in [-0.1, -0.05) is 6.07 Å². The Kier molecular flexibility index (Phi) is 7.47. The number of carbonyl (C=O) groups is 1. The van der Waals surface area contributed by atoms with E-state index in [2.05, 4.69) is 10.0 Å². The maximum absolute atomic E-state index is 13.2. The molecule has 1 fully saturated rings. The molecule has 1 atom stereocenters. The van der Waals surface area contributed by atoms with Crippen molar-refractivity contribution in [2.45, 2.75) is 36.5 Å². The topological polar surface area (TPSA) is 122 Å². The largest absolute Gasteiger partial charge is 0.496 e. The molecular weight excluding hydrogens is 466 g/mol. The van der Waals surface area contributed by atoms with Crippen molar-refractivity contribution in [2.75, 3.05) is 32.6 Å². The van der Waals surface area contributed by atoms with E-state index in [9.17, 15) is 21.6 Å². The Balaban J connectivity index is 1.79. The van der Waals surface area contributed by atoms with Gasteiger partial charge in [0.2, 0.25) is 26.0 Å². The van der Waals surface area contributed by atoms with Crippen molar-refractivity contribution in [1.29, 1.82) is 0 Å². The normalized spacial score (nSPS) is 17.5. The molecule has 1 amide bonds. The zero-order valence-electron chi connectivity index (χ0n) is 19.1. The summed E-state index contributed by atoms with van der Waals surface area (Å²) in [5.74, 6) is -0.303. The summed E-state index contributed by atoms with van der Waals surface area (Å²) in [4.78, 5) is 13.2. The van der Waals surface area contributed by atoms with E-state index in [1.807, 2.05) is 0 Å². The van der Waals surface area contributed by atoms with Crippen molar-refractivity contribution in [1.82, 2.24) is 9.03 Å². The number of ether oxygens (including phenoxy) is 1. The number of methoxy groups -OCH3 is 1. The van der Waals surface area contributed by atoms with Crippen molar-refractivity contribution in [3.05, 3.63) is 47.5 Å². The number of hydrogen-bond donors (Lipinski definition) is 2. The van der Waals surface area contributed by atoms with Gasteiger partial charge in [-0.15, -0.1) is 0 Å². The van der Waals surface area contributed by atoms with Crippen LogP contribution < -0.4 is 14.8 Å². The van der Waals surface area contributed by atoms with E-state index in [0.29, 0.717) is 42.0 Å². The van der Waals surface area contributed by atoms with Crippen molar-refractivity contribution in [3.8, 4) is 5.75 Å². The molecule has 0 saturated carbocycles. The molecular formula is C22H29N3O6S2. The minimum Gasteiger partial charge on any atom is -0.496 e. The SMILES string of the molecule is CNS(=O)(=O)c1ccc(C)c(NC(=O)[C@@H]2CCCN(S(=O)(=O)c3ccc(OC)c(C)c3)C2)c1. The van der Waals surface area contributed by atoms with Gasteiger partial charge in [-0.05, 0) is 75.2 Å². The van der Waals surface area contributed by atoms with Crippen LogP contribution in [0.25, 0.3) is 0 Å². The van der Waals surface area contributed by atoms with E-state index in [1.165, 1.54) is 36.7 Å². The molecule has 33 heavy (non-hydrogen) atoms. The second-order valence-corrected chi connectivity index (χ2v) is 11.8. The minimum absolute atomic E-state index is 0.0358. The van der Waals surface area contributed by atoms with Crippen molar-refractivity contribution < 1.29 is 26.4 Å². The number of aryl methyl sites for hydroxylation is 2. The number of hydrogen-bond acceptors (Lipinski definition) is 6. The summed E-state index contributed by atoms with van der Waals surface area (Å²) in [6, 6.07) is 9.16. The number of nitrogens with zero attached hydrogens (tertiary/aromatic N) is 1. The molecule has 1 heterocycles. The quantitative estimate of drug-likeness (QED) is 0.608. The number of benzene rings is 2. The number of nitrogens with one attached hydrogen (secondary N) is 2. The molecule has 0 radical (unpaired) electrons. The number of sulfonamides is 2. The number of carbonyl (C=O) groups excluding carboxylic acids is 1. The Bertz CT molecular complexity index is 1260. The van der Waals surface area contributed by atoms with E-state index in [4.69, 9.17) is 4.74 Å². The summed E-state index contributed by atoms with van der Waals surface area (Å²) in [7, 11) is -4.60. The minimum atomic E-state index is -3.78.